The molecule has 1 amide bonds. The smallest absolute Gasteiger partial charge is 0.318 e. The predicted molar refractivity (Wildman–Crippen MR) is 109 cm³/mol. The molecule has 27 heavy (non-hydrogen) atoms. The molecular weight excluding hydrogens is 366 g/mol. The van der Waals surface area contributed by atoms with Gasteiger partial charge in [-0.05, 0) is 43.1 Å². The molecule has 1 aliphatic rings. The van der Waals surface area contributed by atoms with Crippen LogP contribution in [0.2, 0.25) is 0 Å². The summed E-state index contributed by atoms with van der Waals surface area (Å²) in [7, 11) is 5.25. The Balaban J connectivity index is 2.20. The summed E-state index contributed by atoms with van der Waals surface area (Å²) in [4.78, 5) is 26.5. The molecule has 0 radical (unpaired) electrons. The Hall–Kier alpha value is -2.35. The van der Waals surface area contributed by atoms with Crippen molar-refractivity contribution in [2.75, 3.05) is 38.4 Å². The molecular formula is C19H27N3O4S. The van der Waals surface area contributed by atoms with Crippen LogP contribution in [0.1, 0.15) is 31.7 Å². The molecule has 1 aromatic carbocycles. The SMILES string of the molecule is CCCCOC(=O)C1CCc2cc(NC(=S)N(C)C)c(OC)cc2NC1=O. The van der Waals surface area contributed by atoms with Crippen molar-refractivity contribution < 1.29 is 19.1 Å². The molecule has 1 atom stereocenters. The highest BCUT2D eigenvalue weighted by atomic mass is 32.1. The van der Waals surface area contributed by atoms with Crippen LogP contribution in [-0.2, 0) is 20.7 Å². The van der Waals surface area contributed by atoms with E-state index in [4.69, 9.17) is 21.7 Å². The van der Waals surface area contributed by atoms with Gasteiger partial charge in [-0.25, -0.2) is 0 Å². The number of fused-ring (bicyclic) bond motifs is 1. The second-order valence-electron chi connectivity index (χ2n) is 6.64. The van der Waals surface area contributed by atoms with Crippen molar-refractivity contribution in [2.24, 2.45) is 5.92 Å². The first-order chi connectivity index (χ1) is 12.9. The lowest BCUT2D eigenvalue weighted by atomic mass is 10.00. The van der Waals surface area contributed by atoms with Gasteiger partial charge in [0.05, 0.1) is 19.4 Å². The lowest BCUT2D eigenvalue weighted by Gasteiger charge is -2.19. The Kier molecular flexibility index (Phi) is 7.41. The minimum absolute atomic E-state index is 0.343. The molecule has 7 nitrogen and oxygen atoms in total. The summed E-state index contributed by atoms with van der Waals surface area (Å²) in [6.07, 6.45) is 2.68. The summed E-state index contributed by atoms with van der Waals surface area (Å²) >= 11 is 5.30. The van der Waals surface area contributed by atoms with Crippen molar-refractivity contribution in [3.8, 4) is 5.75 Å². The van der Waals surface area contributed by atoms with E-state index in [0.717, 1.165) is 18.4 Å². The third-order valence-electron chi connectivity index (χ3n) is 4.38. The fourth-order valence-corrected chi connectivity index (χ4v) is 2.84. The fourth-order valence-electron chi connectivity index (χ4n) is 2.73. The summed E-state index contributed by atoms with van der Waals surface area (Å²) < 4.78 is 10.7. The minimum atomic E-state index is -0.806. The van der Waals surface area contributed by atoms with Gasteiger partial charge >= 0.3 is 5.97 Å². The maximum Gasteiger partial charge on any atom is 0.318 e. The molecule has 2 rings (SSSR count). The predicted octanol–water partition coefficient (Wildman–Crippen LogP) is 2.80. The molecule has 8 heteroatoms. The van der Waals surface area contributed by atoms with Crippen LogP contribution in [0, 0.1) is 5.92 Å². The van der Waals surface area contributed by atoms with E-state index in [2.05, 4.69) is 10.6 Å². The Morgan fingerprint density at radius 3 is 2.78 bits per heavy atom. The third kappa shape index (κ3) is 5.32. The van der Waals surface area contributed by atoms with Gasteiger partial charge in [-0.3, -0.25) is 9.59 Å². The van der Waals surface area contributed by atoms with E-state index in [-0.39, 0.29) is 5.91 Å². The van der Waals surface area contributed by atoms with Crippen molar-refractivity contribution in [2.45, 2.75) is 32.6 Å². The maximum absolute atomic E-state index is 12.5. The number of hydrogen-bond acceptors (Lipinski definition) is 5. The summed E-state index contributed by atoms with van der Waals surface area (Å²) in [6, 6.07) is 3.65. The van der Waals surface area contributed by atoms with E-state index in [9.17, 15) is 9.59 Å². The summed E-state index contributed by atoms with van der Waals surface area (Å²) in [6.45, 7) is 2.36. The van der Waals surface area contributed by atoms with Crippen LogP contribution < -0.4 is 15.4 Å². The molecule has 148 valence electrons. The fraction of sp³-hybridized carbons (Fsp3) is 0.526. The van der Waals surface area contributed by atoms with Crippen molar-refractivity contribution in [3.63, 3.8) is 0 Å². The molecule has 0 saturated carbocycles. The summed E-state index contributed by atoms with van der Waals surface area (Å²) in [5, 5.41) is 6.51. The average molecular weight is 394 g/mol. The van der Waals surface area contributed by atoms with Gasteiger partial charge in [-0.2, -0.15) is 0 Å². The van der Waals surface area contributed by atoms with E-state index in [0.29, 0.717) is 41.7 Å². The number of anilines is 2. The second kappa shape index (κ2) is 9.55. The average Bonchev–Trinajstić information content (AvgIpc) is 2.78. The van der Waals surface area contributed by atoms with E-state index >= 15 is 0 Å². The number of carbonyl (C=O) groups excluding carboxylic acids is 2. The Bertz CT molecular complexity index is 721. The van der Waals surface area contributed by atoms with Gasteiger partial charge in [-0.1, -0.05) is 13.3 Å². The zero-order valence-corrected chi connectivity index (χ0v) is 17.1. The molecule has 0 spiro atoms. The first kappa shape index (κ1) is 21.0. The standard InChI is InChI=1S/C19H27N3O4S/c1-5-6-9-26-18(24)13-8-7-12-10-15(21-19(27)22(2)3)16(25-4)11-14(12)20-17(13)23/h10-11,13H,5-9H2,1-4H3,(H,20,23)(H,21,27). The molecule has 1 aliphatic heterocycles. The number of esters is 1. The number of hydrogen-bond donors (Lipinski definition) is 2. The molecule has 0 bridgehead atoms. The highest BCUT2D eigenvalue weighted by molar-refractivity contribution is 7.80. The van der Waals surface area contributed by atoms with Crippen molar-refractivity contribution >= 4 is 40.6 Å². The molecule has 2 N–H and O–H groups in total. The topological polar surface area (TPSA) is 79.9 Å². The van der Waals surface area contributed by atoms with Crippen molar-refractivity contribution in [3.05, 3.63) is 17.7 Å². The number of thiocarbonyl (C=S) groups is 1. The number of carbonyl (C=O) groups is 2. The van der Waals surface area contributed by atoms with Gasteiger partial charge in [0.2, 0.25) is 5.91 Å². The van der Waals surface area contributed by atoms with Crippen molar-refractivity contribution in [1.82, 2.24) is 4.90 Å². The number of amides is 1. The summed E-state index contributed by atoms with van der Waals surface area (Å²) in [5.74, 6) is -1.06. The number of nitrogens with zero attached hydrogens (tertiary/aromatic N) is 1. The van der Waals surface area contributed by atoms with Gasteiger partial charge in [0.1, 0.15) is 11.7 Å². The lowest BCUT2D eigenvalue weighted by Crippen LogP contribution is -2.30. The first-order valence-corrected chi connectivity index (χ1v) is 9.44. The minimum Gasteiger partial charge on any atom is -0.494 e. The normalized spacial score (nSPS) is 15.9. The van der Waals surface area contributed by atoms with E-state index < -0.39 is 11.9 Å². The van der Waals surface area contributed by atoms with Gasteiger partial charge in [0.15, 0.2) is 5.11 Å². The van der Waals surface area contributed by atoms with Crippen LogP contribution in [0.5, 0.6) is 5.75 Å². The number of methoxy groups -OCH3 is 1. The number of aryl methyl sites for hydroxylation is 1. The highest BCUT2D eigenvalue weighted by Crippen LogP contribution is 2.35. The molecule has 1 aromatic rings. The van der Waals surface area contributed by atoms with Crippen molar-refractivity contribution in [1.29, 1.82) is 0 Å². The quantitative estimate of drug-likeness (QED) is 0.333. The maximum atomic E-state index is 12.5. The number of ether oxygens (including phenoxy) is 2. The van der Waals surface area contributed by atoms with Crippen LogP contribution in [0.25, 0.3) is 0 Å². The molecule has 0 aromatic heterocycles. The van der Waals surface area contributed by atoms with Gasteiger partial charge in [-0.15, -0.1) is 0 Å². The van der Waals surface area contributed by atoms with Crippen LogP contribution in [-0.4, -0.2) is 49.7 Å². The number of unbranched alkanes of at least 4 members (excludes halogenated alkanes) is 1. The molecule has 0 fully saturated rings. The van der Waals surface area contributed by atoms with Crippen LogP contribution in [0.15, 0.2) is 12.1 Å². The Morgan fingerprint density at radius 2 is 2.15 bits per heavy atom. The largest absolute Gasteiger partial charge is 0.494 e. The molecule has 0 aliphatic carbocycles. The zero-order valence-electron chi connectivity index (χ0n) is 16.3. The number of nitrogens with one attached hydrogen (secondary N) is 2. The number of rotatable bonds is 6. The lowest BCUT2D eigenvalue weighted by molar-refractivity contribution is -0.151. The highest BCUT2D eigenvalue weighted by Gasteiger charge is 2.31. The molecule has 1 unspecified atom stereocenters. The van der Waals surface area contributed by atoms with Gasteiger partial charge in [0, 0.05) is 25.8 Å². The summed E-state index contributed by atoms with van der Waals surface area (Å²) in [5.41, 5.74) is 2.27. The van der Waals surface area contributed by atoms with Gasteiger partial charge < -0.3 is 25.0 Å². The van der Waals surface area contributed by atoms with Crippen LogP contribution in [0.3, 0.4) is 0 Å². The monoisotopic (exact) mass is 393 g/mol. The number of benzene rings is 1. The van der Waals surface area contributed by atoms with E-state index in [1.807, 2.05) is 27.1 Å². The van der Waals surface area contributed by atoms with E-state index in [1.54, 1.807) is 18.1 Å². The second-order valence-corrected chi connectivity index (χ2v) is 7.02. The molecule has 1 heterocycles. The Morgan fingerprint density at radius 1 is 1.41 bits per heavy atom. The van der Waals surface area contributed by atoms with Crippen LogP contribution in [0.4, 0.5) is 11.4 Å². The first-order valence-electron chi connectivity index (χ1n) is 9.04. The molecule has 0 saturated heterocycles. The van der Waals surface area contributed by atoms with E-state index in [1.165, 1.54) is 0 Å². The van der Waals surface area contributed by atoms with Gasteiger partial charge in [0.25, 0.3) is 0 Å². The Labute approximate surface area is 165 Å². The third-order valence-corrected chi connectivity index (χ3v) is 4.84. The zero-order chi connectivity index (χ0) is 20.0. The van der Waals surface area contributed by atoms with Crippen LogP contribution >= 0.6 is 12.2 Å².